The maximum atomic E-state index is 12.5. The molecule has 2 aromatic rings. The molecule has 1 saturated heterocycles. The summed E-state index contributed by atoms with van der Waals surface area (Å²) in [6, 6.07) is 6.26. The predicted molar refractivity (Wildman–Crippen MR) is 110 cm³/mol. The van der Waals surface area contributed by atoms with Gasteiger partial charge in [-0.3, -0.25) is 14.5 Å². The molecule has 1 fully saturated rings. The van der Waals surface area contributed by atoms with Gasteiger partial charge in [-0.05, 0) is 17.7 Å². The average Bonchev–Trinajstić information content (AvgIpc) is 2.80. The zero-order chi connectivity index (χ0) is 22.4. The first-order valence-corrected chi connectivity index (χ1v) is 9.97. The zero-order valence-electron chi connectivity index (χ0n) is 17.6. The van der Waals surface area contributed by atoms with Crippen molar-refractivity contribution >= 4 is 5.97 Å². The van der Waals surface area contributed by atoms with Crippen molar-refractivity contribution in [3.8, 4) is 11.5 Å². The molecule has 2 N–H and O–H groups in total. The molecule has 1 unspecified atom stereocenters. The van der Waals surface area contributed by atoms with Gasteiger partial charge in [0.1, 0.15) is 11.5 Å². The molecule has 3 rings (SSSR count). The highest BCUT2D eigenvalue weighted by atomic mass is 16.5. The van der Waals surface area contributed by atoms with Crippen LogP contribution in [0.3, 0.4) is 0 Å². The fourth-order valence-corrected chi connectivity index (χ4v) is 3.60. The molecule has 0 spiro atoms. The highest BCUT2D eigenvalue weighted by Crippen LogP contribution is 2.35. The van der Waals surface area contributed by atoms with Crippen LogP contribution < -0.4 is 10.2 Å². The largest absolute Gasteiger partial charge is 0.502 e. The van der Waals surface area contributed by atoms with E-state index in [2.05, 4.69) is 4.90 Å². The molecule has 0 amide bonds. The Morgan fingerprint density at radius 3 is 2.61 bits per heavy atom. The molecule has 31 heavy (non-hydrogen) atoms. The summed E-state index contributed by atoms with van der Waals surface area (Å²) >= 11 is 0. The standard InChI is InChI=1S/C22H27NO8/c1-28-19-4-3-14(9-15(19)13-24)17(11-20(26)29-2)22-21(27)18(25)10-16(31-22)12-23-5-7-30-8-6-23/h3-4,9-10,17,24,27H,5-8,11-13H2,1-2H3. The molecule has 1 aromatic heterocycles. The Bertz CT molecular complexity index is 964. The van der Waals surface area contributed by atoms with Crippen LogP contribution in [0.25, 0.3) is 0 Å². The van der Waals surface area contributed by atoms with Crippen molar-refractivity contribution in [2.45, 2.75) is 25.5 Å². The molecule has 0 bridgehead atoms. The molecule has 0 aliphatic carbocycles. The van der Waals surface area contributed by atoms with Crippen LogP contribution in [-0.4, -0.2) is 61.6 Å². The van der Waals surface area contributed by atoms with Gasteiger partial charge in [-0.15, -0.1) is 0 Å². The van der Waals surface area contributed by atoms with Gasteiger partial charge < -0.3 is 28.8 Å². The quantitative estimate of drug-likeness (QED) is 0.595. The summed E-state index contributed by atoms with van der Waals surface area (Å²) in [6.07, 6.45) is -0.162. The van der Waals surface area contributed by atoms with Gasteiger partial charge in [-0.25, -0.2) is 0 Å². The van der Waals surface area contributed by atoms with Crippen LogP contribution in [0.2, 0.25) is 0 Å². The summed E-state index contributed by atoms with van der Waals surface area (Å²) < 4.78 is 21.3. The van der Waals surface area contributed by atoms with E-state index in [9.17, 15) is 19.8 Å². The Hall–Kier alpha value is -2.88. The summed E-state index contributed by atoms with van der Waals surface area (Å²) in [4.78, 5) is 26.7. The number of hydrogen-bond donors (Lipinski definition) is 2. The van der Waals surface area contributed by atoms with Gasteiger partial charge in [0, 0.05) is 24.7 Å². The van der Waals surface area contributed by atoms with Gasteiger partial charge in [-0.2, -0.15) is 0 Å². The van der Waals surface area contributed by atoms with Crippen molar-refractivity contribution in [3.63, 3.8) is 0 Å². The number of methoxy groups -OCH3 is 2. The van der Waals surface area contributed by atoms with Gasteiger partial charge in [0.15, 0.2) is 5.76 Å². The smallest absolute Gasteiger partial charge is 0.306 e. The number of carbonyl (C=O) groups excluding carboxylic acids is 1. The molecule has 168 valence electrons. The molecule has 1 aliphatic heterocycles. The minimum Gasteiger partial charge on any atom is -0.502 e. The van der Waals surface area contributed by atoms with E-state index in [0.717, 1.165) is 0 Å². The maximum absolute atomic E-state index is 12.5. The van der Waals surface area contributed by atoms with Crippen molar-refractivity contribution in [1.82, 2.24) is 4.90 Å². The topological polar surface area (TPSA) is 119 Å². The maximum Gasteiger partial charge on any atom is 0.306 e. The lowest BCUT2D eigenvalue weighted by Crippen LogP contribution is -2.35. The molecule has 1 aliphatic rings. The number of aromatic hydroxyl groups is 1. The highest BCUT2D eigenvalue weighted by Gasteiger charge is 2.27. The van der Waals surface area contributed by atoms with Gasteiger partial charge >= 0.3 is 5.97 Å². The van der Waals surface area contributed by atoms with Gasteiger partial charge in [-0.1, -0.05) is 6.07 Å². The van der Waals surface area contributed by atoms with Crippen molar-refractivity contribution in [2.75, 3.05) is 40.5 Å². The number of rotatable bonds is 8. The van der Waals surface area contributed by atoms with Gasteiger partial charge in [0.05, 0.1) is 52.9 Å². The van der Waals surface area contributed by atoms with Crippen molar-refractivity contribution in [1.29, 1.82) is 0 Å². The molecular weight excluding hydrogens is 406 g/mol. The number of carbonyl (C=O) groups is 1. The third-order valence-electron chi connectivity index (χ3n) is 5.28. The van der Waals surface area contributed by atoms with E-state index in [0.29, 0.717) is 55.5 Å². The first-order valence-electron chi connectivity index (χ1n) is 9.97. The molecular formula is C22H27NO8. The molecule has 0 radical (unpaired) electrons. The number of hydrogen-bond acceptors (Lipinski definition) is 9. The fraction of sp³-hybridized carbons (Fsp3) is 0.455. The van der Waals surface area contributed by atoms with E-state index in [4.69, 9.17) is 18.6 Å². The summed E-state index contributed by atoms with van der Waals surface area (Å²) in [5, 5.41) is 20.2. The first kappa shape index (κ1) is 22.8. The SMILES string of the molecule is COC(=O)CC(c1ccc(OC)c(CO)c1)c1oc(CN2CCOCC2)cc(=O)c1O. The Kier molecular flexibility index (Phi) is 7.67. The van der Waals surface area contributed by atoms with Crippen molar-refractivity contribution in [3.05, 3.63) is 57.1 Å². The molecule has 2 heterocycles. The van der Waals surface area contributed by atoms with Crippen LogP contribution in [0, 0.1) is 0 Å². The second kappa shape index (κ2) is 10.4. The monoisotopic (exact) mass is 433 g/mol. The molecule has 0 saturated carbocycles. The average molecular weight is 433 g/mol. The lowest BCUT2D eigenvalue weighted by Gasteiger charge is -2.26. The van der Waals surface area contributed by atoms with E-state index in [1.807, 2.05) is 0 Å². The van der Waals surface area contributed by atoms with Crippen molar-refractivity contribution in [2.24, 2.45) is 0 Å². The van der Waals surface area contributed by atoms with Crippen LogP contribution in [0.4, 0.5) is 0 Å². The van der Waals surface area contributed by atoms with E-state index in [1.165, 1.54) is 20.3 Å². The molecule has 9 heteroatoms. The van der Waals surface area contributed by atoms with E-state index >= 15 is 0 Å². The Morgan fingerprint density at radius 2 is 1.97 bits per heavy atom. The third-order valence-corrected chi connectivity index (χ3v) is 5.28. The Labute approximate surface area is 179 Å². The summed E-state index contributed by atoms with van der Waals surface area (Å²) in [5.41, 5.74) is 0.480. The van der Waals surface area contributed by atoms with E-state index < -0.39 is 23.1 Å². The van der Waals surface area contributed by atoms with Crippen LogP contribution in [0.1, 0.15) is 35.0 Å². The molecule has 1 atom stereocenters. The Balaban J connectivity index is 2.04. The van der Waals surface area contributed by atoms with E-state index in [1.54, 1.807) is 18.2 Å². The molecule has 9 nitrogen and oxygen atoms in total. The Morgan fingerprint density at radius 1 is 1.23 bits per heavy atom. The van der Waals surface area contributed by atoms with Crippen molar-refractivity contribution < 1.29 is 33.6 Å². The highest BCUT2D eigenvalue weighted by molar-refractivity contribution is 5.71. The number of esters is 1. The number of aliphatic hydroxyl groups excluding tert-OH is 1. The summed E-state index contributed by atoms with van der Waals surface area (Å²) in [6.45, 7) is 2.68. The number of ether oxygens (including phenoxy) is 3. The number of aliphatic hydroxyl groups is 1. The second-order valence-corrected chi connectivity index (χ2v) is 7.24. The normalized spacial score (nSPS) is 15.5. The van der Waals surface area contributed by atoms with Gasteiger partial charge in [0.2, 0.25) is 11.2 Å². The minimum absolute atomic E-state index is 0.0183. The summed E-state index contributed by atoms with van der Waals surface area (Å²) in [7, 11) is 2.75. The first-order chi connectivity index (χ1) is 15.0. The second-order valence-electron chi connectivity index (χ2n) is 7.24. The number of nitrogens with zero attached hydrogens (tertiary/aromatic N) is 1. The molecule has 1 aromatic carbocycles. The van der Waals surface area contributed by atoms with Crippen LogP contribution >= 0.6 is 0 Å². The van der Waals surface area contributed by atoms with Crippen LogP contribution in [-0.2, 0) is 27.4 Å². The van der Waals surface area contributed by atoms with Crippen LogP contribution in [0.5, 0.6) is 11.5 Å². The lowest BCUT2D eigenvalue weighted by molar-refractivity contribution is -0.140. The lowest BCUT2D eigenvalue weighted by atomic mass is 9.91. The van der Waals surface area contributed by atoms with Gasteiger partial charge in [0.25, 0.3) is 0 Å². The minimum atomic E-state index is -0.791. The van der Waals surface area contributed by atoms with Crippen LogP contribution in [0.15, 0.2) is 33.5 Å². The number of morpholine rings is 1. The third kappa shape index (κ3) is 5.43. The fourth-order valence-electron chi connectivity index (χ4n) is 3.60. The number of benzene rings is 1. The zero-order valence-corrected chi connectivity index (χ0v) is 17.6. The summed E-state index contributed by atoms with van der Waals surface area (Å²) in [5.74, 6) is -1.04. The predicted octanol–water partition coefficient (Wildman–Crippen LogP) is 1.37. The van der Waals surface area contributed by atoms with E-state index in [-0.39, 0.29) is 18.8 Å².